The number of nitrogens with zero attached hydrogens (tertiary/aromatic N) is 5. The van der Waals surface area contributed by atoms with Crippen molar-refractivity contribution >= 4 is 0 Å². The standard InChI is InChI=1S/C14H10N3.C9H5F2N2.Ir/c1-2-4-11(5-3-1)12-6-8-15-14(10-12)13-7-9-16-17-13;10-7-2-3-9(8(11)6-7)13-5-1-4-12-13;/h1-10H;1-2,4-6H;/q2*-1;. The Morgan fingerprint density at radius 1 is 0.871 bits per heavy atom. The van der Waals surface area contributed by atoms with E-state index in [-0.39, 0.29) is 25.8 Å². The van der Waals surface area contributed by atoms with Crippen LogP contribution >= 0.6 is 0 Å². The van der Waals surface area contributed by atoms with Gasteiger partial charge in [0, 0.05) is 62.2 Å². The van der Waals surface area contributed by atoms with Gasteiger partial charge >= 0.3 is 0 Å². The minimum Gasteiger partial charge on any atom is -0.574 e. The monoisotopic (exact) mass is 592 g/mol. The Hall–Kier alpha value is -3.48. The first-order valence-corrected chi connectivity index (χ1v) is 9.03. The molecule has 0 saturated heterocycles. The number of halogens is 2. The molecule has 0 aliphatic rings. The molecule has 5 rings (SSSR count). The van der Waals surface area contributed by atoms with E-state index in [1.54, 1.807) is 24.7 Å². The van der Waals surface area contributed by atoms with Crippen molar-refractivity contribution in [2.45, 2.75) is 0 Å². The third-order valence-electron chi connectivity index (χ3n) is 4.17. The third-order valence-corrected chi connectivity index (χ3v) is 4.17. The minimum atomic E-state index is -0.677. The quantitative estimate of drug-likeness (QED) is 0.285. The molecule has 0 N–H and O–H groups in total. The van der Waals surface area contributed by atoms with Crippen LogP contribution in [0.1, 0.15) is 0 Å². The summed E-state index contributed by atoms with van der Waals surface area (Å²) in [6, 6.07) is 22.1. The van der Waals surface area contributed by atoms with Crippen LogP contribution in [0.2, 0.25) is 0 Å². The first-order chi connectivity index (χ1) is 14.7. The largest absolute Gasteiger partial charge is 0.574 e. The Kier molecular flexibility index (Phi) is 7.54. The molecule has 157 valence electrons. The smallest absolute Gasteiger partial charge is 0.0500 e. The summed E-state index contributed by atoms with van der Waals surface area (Å²) in [6.45, 7) is 0. The van der Waals surface area contributed by atoms with Crippen molar-refractivity contribution in [1.29, 1.82) is 0 Å². The predicted octanol–water partition coefficient (Wildman–Crippen LogP) is 4.72. The van der Waals surface area contributed by atoms with Crippen LogP contribution in [0.5, 0.6) is 0 Å². The fraction of sp³-hybridized carbons (Fsp3) is 0. The second kappa shape index (κ2) is 10.5. The molecule has 5 aromatic rings. The van der Waals surface area contributed by atoms with Gasteiger partial charge in [0.2, 0.25) is 0 Å². The predicted molar refractivity (Wildman–Crippen MR) is 109 cm³/mol. The molecule has 31 heavy (non-hydrogen) atoms. The van der Waals surface area contributed by atoms with Crippen molar-refractivity contribution in [2.24, 2.45) is 0 Å². The molecular formula is C23H15F2IrN5-2. The van der Waals surface area contributed by atoms with Crippen LogP contribution in [-0.4, -0.2) is 19.9 Å². The summed E-state index contributed by atoms with van der Waals surface area (Å²) in [6.07, 6.45) is 6.54. The summed E-state index contributed by atoms with van der Waals surface area (Å²) in [5.74, 6) is -1.32. The zero-order valence-corrected chi connectivity index (χ0v) is 18.4. The fourth-order valence-electron chi connectivity index (χ4n) is 2.76. The maximum atomic E-state index is 13.1. The summed E-state index contributed by atoms with van der Waals surface area (Å²) >= 11 is 0. The number of benzene rings is 2. The minimum absolute atomic E-state index is 0. The van der Waals surface area contributed by atoms with Gasteiger partial charge in [-0.25, -0.2) is 0 Å². The molecule has 0 atom stereocenters. The van der Waals surface area contributed by atoms with Crippen LogP contribution in [0, 0.1) is 17.7 Å². The summed E-state index contributed by atoms with van der Waals surface area (Å²) in [4.78, 5) is 4.30. The average molecular weight is 592 g/mol. The Bertz CT molecular complexity index is 1210. The van der Waals surface area contributed by atoms with Crippen LogP contribution in [0.25, 0.3) is 28.2 Å². The van der Waals surface area contributed by atoms with Gasteiger partial charge in [0.25, 0.3) is 0 Å². The van der Waals surface area contributed by atoms with E-state index in [1.165, 1.54) is 16.4 Å². The van der Waals surface area contributed by atoms with Crippen molar-refractivity contribution in [3.63, 3.8) is 0 Å². The molecule has 3 aromatic heterocycles. The van der Waals surface area contributed by atoms with Crippen LogP contribution in [0.4, 0.5) is 8.78 Å². The number of hydrogen-bond donors (Lipinski definition) is 0. The molecule has 0 amide bonds. The van der Waals surface area contributed by atoms with E-state index in [1.807, 2.05) is 36.4 Å². The van der Waals surface area contributed by atoms with Crippen molar-refractivity contribution in [3.05, 3.63) is 109 Å². The van der Waals surface area contributed by atoms with Crippen molar-refractivity contribution in [2.75, 3.05) is 0 Å². The molecule has 0 aliphatic heterocycles. The normalized spacial score (nSPS) is 10.0. The molecule has 5 nitrogen and oxygen atoms in total. The van der Waals surface area contributed by atoms with Gasteiger partial charge in [-0.3, -0.25) is 18.4 Å². The van der Waals surface area contributed by atoms with Gasteiger partial charge in [-0.05, 0) is 35.0 Å². The number of hydrogen-bond acceptors (Lipinski definition) is 3. The van der Waals surface area contributed by atoms with Crippen LogP contribution in [-0.2, 0) is 20.1 Å². The summed E-state index contributed by atoms with van der Waals surface area (Å²) in [7, 11) is 0. The van der Waals surface area contributed by atoms with Gasteiger partial charge in [0.15, 0.2) is 0 Å². The molecule has 0 bridgehead atoms. The molecule has 2 aromatic carbocycles. The molecule has 3 heterocycles. The Morgan fingerprint density at radius 3 is 2.39 bits per heavy atom. The van der Waals surface area contributed by atoms with Gasteiger partial charge in [-0.15, -0.1) is 12.1 Å². The van der Waals surface area contributed by atoms with Crippen molar-refractivity contribution in [1.82, 2.24) is 25.0 Å². The van der Waals surface area contributed by atoms with E-state index in [0.29, 0.717) is 0 Å². The first kappa shape index (κ1) is 22.2. The molecule has 0 aliphatic carbocycles. The summed E-state index contributed by atoms with van der Waals surface area (Å²) in [5, 5.41) is 11.6. The van der Waals surface area contributed by atoms with E-state index < -0.39 is 11.6 Å². The van der Waals surface area contributed by atoms with E-state index in [2.05, 4.69) is 38.5 Å². The second-order valence-electron chi connectivity index (χ2n) is 6.18. The van der Waals surface area contributed by atoms with Crippen LogP contribution in [0.15, 0.2) is 91.5 Å². The molecule has 0 saturated carbocycles. The fourth-order valence-corrected chi connectivity index (χ4v) is 2.76. The topological polar surface area (TPSA) is 57.7 Å². The molecule has 0 unspecified atom stereocenters. The first-order valence-electron chi connectivity index (χ1n) is 9.03. The number of aromatic nitrogens is 5. The Balaban J connectivity index is 0.000000176. The number of pyridine rings is 1. The van der Waals surface area contributed by atoms with Gasteiger partial charge in [-0.2, -0.15) is 11.2 Å². The summed E-state index contributed by atoms with van der Waals surface area (Å²) < 4.78 is 26.9. The molecule has 8 heteroatoms. The molecule has 0 fully saturated rings. The second-order valence-corrected chi connectivity index (χ2v) is 6.18. The summed E-state index contributed by atoms with van der Waals surface area (Å²) in [5.41, 5.74) is 4.09. The third kappa shape index (κ3) is 5.57. The molecular weight excluding hydrogens is 577 g/mol. The van der Waals surface area contributed by atoms with Crippen LogP contribution < -0.4 is 5.10 Å². The SMILES string of the molecule is Fc1c[c-]c(-n2cccn2)c(F)c1.[Ir].c1ccc(-c2ccnc(-c3ccn[n-]3)c2)cc1. The average Bonchev–Trinajstić information content (AvgIpc) is 3.50. The Morgan fingerprint density at radius 2 is 1.71 bits per heavy atom. The Labute approximate surface area is 191 Å². The van der Waals surface area contributed by atoms with E-state index in [0.717, 1.165) is 29.1 Å². The van der Waals surface area contributed by atoms with Crippen LogP contribution in [0.3, 0.4) is 0 Å². The van der Waals surface area contributed by atoms with Crippen molar-refractivity contribution < 1.29 is 28.9 Å². The number of rotatable bonds is 3. The maximum absolute atomic E-state index is 13.1. The molecule has 0 spiro atoms. The van der Waals surface area contributed by atoms with Gasteiger partial charge in [-0.1, -0.05) is 42.1 Å². The van der Waals surface area contributed by atoms with E-state index in [9.17, 15) is 8.78 Å². The zero-order chi connectivity index (χ0) is 20.8. The molecule has 1 radical (unpaired) electrons. The van der Waals surface area contributed by atoms with Gasteiger partial charge in [0.05, 0.1) is 0 Å². The van der Waals surface area contributed by atoms with Gasteiger partial charge in [0.1, 0.15) is 0 Å². The van der Waals surface area contributed by atoms with E-state index >= 15 is 0 Å². The van der Waals surface area contributed by atoms with Gasteiger partial charge < -0.3 is 10.2 Å². The maximum Gasteiger partial charge on any atom is 0.0500 e. The zero-order valence-electron chi connectivity index (χ0n) is 16.0. The van der Waals surface area contributed by atoms with Crippen molar-refractivity contribution in [3.8, 4) is 28.2 Å². The van der Waals surface area contributed by atoms with E-state index in [4.69, 9.17) is 0 Å².